The molecule has 1 atom stereocenters. The maximum absolute atomic E-state index is 13.1. The van der Waals surface area contributed by atoms with Crippen LogP contribution in [0.3, 0.4) is 0 Å². The van der Waals surface area contributed by atoms with E-state index in [1.165, 1.54) is 26.2 Å². The molecule has 0 radical (unpaired) electrons. The van der Waals surface area contributed by atoms with E-state index in [2.05, 4.69) is 5.32 Å². The van der Waals surface area contributed by atoms with Crippen LogP contribution >= 0.6 is 0 Å². The molecule has 2 fully saturated rings. The van der Waals surface area contributed by atoms with Crippen LogP contribution in [0.4, 0.5) is 4.79 Å². The zero-order valence-corrected chi connectivity index (χ0v) is 18.8. The Morgan fingerprint density at radius 3 is 2.22 bits per heavy atom. The molecule has 1 unspecified atom stereocenters. The van der Waals surface area contributed by atoms with Crippen molar-refractivity contribution in [2.45, 2.75) is 43.7 Å². The average molecular weight is 444 g/mol. The van der Waals surface area contributed by atoms with Gasteiger partial charge in [-0.3, -0.25) is 14.5 Å². The van der Waals surface area contributed by atoms with Crippen LogP contribution < -0.4 is 19.5 Å². The van der Waals surface area contributed by atoms with Crippen molar-refractivity contribution in [3.05, 3.63) is 17.7 Å². The quantitative estimate of drug-likeness (QED) is 0.638. The highest BCUT2D eigenvalue weighted by molar-refractivity contribution is 6.09. The van der Waals surface area contributed by atoms with Crippen LogP contribution in [-0.2, 0) is 9.59 Å². The van der Waals surface area contributed by atoms with E-state index >= 15 is 0 Å². The minimum absolute atomic E-state index is 0.335. The number of urea groups is 1. The number of likely N-dealkylation sites (N-methyl/N-ethyl adjacent to an activating group) is 1. The molecule has 1 aromatic carbocycles. The van der Waals surface area contributed by atoms with Gasteiger partial charge in [-0.1, -0.05) is 19.3 Å². The number of carbonyl (C=O) groups excluding carboxylic acids is 3. The van der Waals surface area contributed by atoms with Gasteiger partial charge in [0.05, 0.1) is 27.4 Å². The summed E-state index contributed by atoms with van der Waals surface area (Å²) in [5.41, 5.74) is -0.448. The molecule has 1 N–H and O–H groups in total. The maximum atomic E-state index is 13.1. The number of amides is 4. The lowest BCUT2D eigenvalue weighted by Gasteiger charge is -2.35. The summed E-state index contributed by atoms with van der Waals surface area (Å²) >= 11 is 0. The van der Waals surface area contributed by atoms with Crippen molar-refractivity contribution in [2.24, 2.45) is 0 Å². The van der Waals surface area contributed by atoms with Crippen LogP contribution in [0.25, 0.3) is 0 Å². The molecule has 1 heterocycles. The number of imide groups is 1. The number of hydrogen-bond acceptors (Lipinski definition) is 7. The van der Waals surface area contributed by atoms with E-state index in [0.717, 1.165) is 24.2 Å². The minimum atomic E-state index is -1.05. The molecule has 2 aliphatic rings. The van der Waals surface area contributed by atoms with E-state index in [-0.39, 0.29) is 5.91 Å². The third-order valence-corrected chi connectivity index (χ3v) is 6.24. The predicted molar refractivity (Wildman–Crippen MR) is 113 cm³/mol. The van der Waals surface area contributed by atoms with E-state index in [1.807, 2.05) is 6.07 Å². The fourth-order valence-corrected chi connectivity index (χ4v) is 4.48. The van der Waals surface area contributed by atoms with E-state index in [9.17, 15) is 19.6 Å². The van der Waals surface area contributed by atoms with Crippen molar-refractivity contribution in [3.63, 3.8) is 0 Å². The maximum Gasteiger partial charge on any atom is 0.327 e. The summed E-state index contributed by atoms with van der Waals surface area (Å²) in [6.45, 7) is -0.452. The molecule has 4 amide bonds. The van der Waals surface area contributed by atoms with Crippen LogP contribution in [0.15, 0.2) is 12.1 Å². The lowest BCUT2D eigenvalue weighted by Crippen LogP contribution is -2.49. The summed E-state index contributed by atoms with van der Waals surface area (Å²) in [7, 11) is 5.97. The molecule has 1 aliphatic carbocycles. The fraction of sp³-hybridized carbons (Fsp3) is 0.545. The van der Waals surface area contributed by atoms with Crippen molar-refractivity contribution >= 4 is 17.8 Å². The van der Waals surface area contributed by atoms with Crippen molar-refractivity contribution in [2.75, 3.05) is 34.9 Å². The number of nitriles is 1. The molecule has 172 valence electrons. The zero-order chi connectivity index (χ0) is 23.5. The van der Waals surface area contributed by atoms with E-state index in [1.54, 1.807) is 19.2 Å². The molecular formula is C22H28N4O6. The molecule has 1 aliphatic heterocycles. The number of rotatable bonds is 7. The first kappa shape index (κ1) is 23.2. The van der Waals surface area contributed by atoms with Crippen molar-refractivity contribution in [1.29, 1.82) is 5.26 Å². The highest BCUT2D eigenvalue weighted by Gasteiger charge is 2.55. The zero-order valence-electron chi connectivity index (χ0n) is 18.8. The number of methoxy groups -OCH3 is 3. The Morgan fingerprint density at radius 2 is 1.72 bits per heavy atom. The Morgan fingerprint density at radius 1 is 1.12 bits per heavy atom. The van der Waals surface area contributed by atoms with Gasteiger partial charge in [-0.25, -0.2) is 4.79 Å². The topological polar surface area (TPSA) is 121 Å². The lowest BCUT2D eigenvalue weighted by molar-refractivity contribution is -0.137. The van der Waals surface area contributed by atoms with Gasteiger partial charge in [0, 0.05) is 7.05 Å². The van der Waals surface area contributed by atoms with Crippen LogP contribution in [0.5, 0.6) is 17.2 Å². The van der Waals surface area contributed by atoms with E-state index in [0.29, 0.717) is 35.7 Å². The Labute approximate surface area is 187 Å². The number of nitrogens with one attached hydrogen (secondary N) is 1. The Kier molecular flexibility index (Phi) is 6.77. The number of carbonyl (C=O) groups is 3. The highest BCUT2D eigenvalue weighted by atomic mass is 16.5. The highest BCUT2D eigenvalue weighted by Crippen LogP contribution is 2.40. The standard InChI is InChI=1S/C22H28N4O6/c1-25-21(29)26(20(28)22(25)8-6-5-7-9-22)13-18(27)24-15(12-23)14-10-16(30-2)19(32-4)17(11-14)31-3/h10-11,15H,5-9,13H2,1-4H3,(H,24,27). The summed E-state index contributed by atoms with van der Waals surface area (Å²) in [6, 6.07) is 3.60. The Balaban J connectivity index is 1.77. The lowest BCUT2D eigenvalue weighted by atomic mass is 9.81. The summed E-state index contributed by atoms with van der Waals surface area (Å²) in [6.07, 6.45) is 3.94. The normalized spacial score (nSPS) is 18.3. The summed E-state index contributed by atoms with van der Waals surface area (Å²) in [5.74, 6) is 0.0643. The fourth-order valence-electron chi connectivity index (χ4n) is 4.48. The largest absolute Gasteiger partial charge is 0.493 e. The smallest absolute Gasteiger partial charge is 0.327 e. The number of ether oxygens (including phenoxy) is 3. The molecule has 32 heavy (non-hydrogen) atoms. The molecule has 0 aromatic heterocycles. The number of benzene rings is 1. The molecule has 1 spiro atoms. The summed E-state index contributed by atoms with van der Waals surface area (Å²) < 4.78 is 15.9. The van der Waals surface area contributed by atoms with Crippen molar-refractivity contribution in [1.82, 2.24) is 15.1 Å². The first-order valence-corrected chi connectivity index (χ1v) is 10.4. The van der Waals surface area contributed by atoms with Crippen LogP contribution in [-0.4, -0.2) is 68.1 Å². The van der Waals surface area contributed by atoms with Gasteiger partial charge in [0.25, 0.3) is 5.91 Å². The SMILES string of the molecule is COc1cc(C(C#N)NC(=O)CN2C(=O)N(C)C3(CCCCC3)C2=O)cc(OC)c1OC. The summed E-state index contributed by atoms with van der Waals surface area (Å²) in [5, 5.41) is 12.2. The molecule has 1 aromatic rings. The Bertz CT molecular complexity index is 925. The number of nitrogens with zero attached hydrogens (tertiary/aromatic N) is 3. The second-order valence-corrected chi connectivity index (χ2v) is 7.91. The molecule has 3 rings (SSSR count). The van der Waals surface area contributed by atoms with Crippen molar-refractivity contribution < 1.29 is 28.6 Å². The first-order valence-electron chi connectivity index (χ1n) is 10.4. The van der Waals surface area contributed by atoms with Gasteiger partial charge in [-0.05, 0) is 30.5 Å². The van der Waals surface area contributed by atoms with Gasteiger partial charge < -0.3 is 24.4 Å². The monoisotopic (exact) mass is 444 g/mol. The first-order chi connectivity index (χ1) is 15.3. The van der Waals surface area contributed by atoms with E-state index in [4.69, 9.17) is 14.2 Å². The second-order valence-electron chi connectivity index (χ2n) is 7.91. The molecule has 1 saturated carbocycles. The molecular weight excluding hydrogens is 416 g/mol. The molecule has 10 heteroatoms. The van der Waals surface area contributed by atoms with Gasteiger partial charge in [0.1, 0.15) is 18.1 Å². The third-order valence-electron chi connectivity index (χ3n) is 6.24. The van der Waals surface area contributed by atoms with Gasteiger partial charge in [-0.15, -0.1) is 0 Å². The molecule has 0 bridgehead atoms. The van der Waals surface area contributed by atoms with Crippen LogP contribution in [0, 0.1) is 11.3 Å². The van der Waals surface area contributed by atoms with Gasteiger partial charge in [0.2, 0.25) is 11.7 Å². The predicted octanol–water partition coefficient (Wildman–Crippen LogP) is 1.99. The minimum Gasteiger partial charge on any atom is -0.493 e. The molecule has 10 nitrogen and oxygen atoms in total. The Hall–Kier alpha value is -3.48. The van der Waals surface area contributed by atoms with Crippen LogP contribution in [0.1, 0.15) is 43.7 Å². The van der Waals surface area contributed by atoms with Gasteiger partial charge >= 0.3 is 6.03 Å². The van der Waals surface area contributed by atoms with Crippen LogP contribution in [0.2, 0.25) is 0 Å². The third kappa shape index (κ3) is 3.90. The van der Waals surface area contributed by atoms with Gasteiger partial charge in [0.15, 0.2) is 11.5 Å². The summed E-state index contributed by atoms with van der Waals surface area (Å²) in [4.78, 5) is 41.0. The molecule has 1 saturated heterocycles. The van der Waals surface area contributed by atoms with E-state index < -0.39 is 30.1 Å². The van der Waals surface area contributed by atoms with Crippen molar-refractivity contribution in [3.8, 4) is 23.3 Å². The second kappa shape index (κ2) is 9.34. The van der Waals surface area contributed by atoms with Gasteiger partial charge in [-0.2, -0.15) is 5.26 Å². The number of hydrogen-bond donors (Lipinski definition) is 1. The average Bonchev–Trinajstić information content (AvgIpc) is 2.98.